The van der Waals surface area contributed by atoms with Gasteiger partial charge in [0.2, 0.25) is 13.6 Å². The third-order valence-corrected chi connectivity index (χ3v) is 11.7. The van der Waals surface area contributed by atoms with Crippen molar-refractivity contribution in [3.8, 4) is 0 Å². The number of hydrogen-bond donors (Lipinski definition) is 1. The number of ether oxygens (including phenoxy) is 2. The number of allylic oxidation sites excluding steroid dienone is 6. The third kappa shape index (κ3) is 23.5. The number of rotatable bonds is 28. The van der Waals surface area contributed by atoms with E-state index >= 15 is 0 Å². The average Bonchev–Trinajstić information content (AvgIpc) is 2.96. The van der Waals surface area contributed by atoms with Crippen LogP contribution in [0, 0.1) is 0 Å². The standard InChI is InChI=1S/C34H61O10PS/c1-7-9-11-13-24-32(35)41-27-43-45(37,44-28-42-33(36)25-14-12-10-8-2)34(46(38,39)40)26-16-15-20-30(5)22-18-23-31(6)21-17-19-29(3)4/h19-20,23,34H,7-18,21-22,24-28H2,1-6H3,(H,38,39,40). The van der Waals surface area contributed by atoms with E-state index in [1.807, 2.05) is 26.8 Å². The van der Waals surface area contributed by atoms with Crippen molar-refractivity contribution in [3.05, 3.63) is 34.9 Å². The Kier molecular flexibility index (Phi) is 25.2. The molecule has 0 saturated heterocycles. The van der Waals surface area contributed by atoms with Crippen LogP contribution in [0.4, 0.5) is 0 Å². The van der Waals surface area contributed by atoms with Crippen LogP contribution in [0.3, 0.4) is 0 Å². The fraction of sp³-hybridized carbons (Fsp3) is 0.765. The van der Waals surface area contributed by atoms with Crippen LogP contribution in [-0.2, 0) is 42.8 Å². The van der Waals surface area contributed by atoms with E-state index in [4.69, 9.17) is 18.5 Å². The monoisotopic (exact) mass is 692 g/mol. The second kappa shape index (κ2) is 26.2. The highest BCUT2D eigenvalue weighted by molar-refractivity contribution is 7.94. The normalized spacial score (nSPS) is 13.4. The molecule has 0 fully saturated rings. The van der Waals surface area contributed by atoms with Crippen molar-refractivity contribution in [2.75, 3.05) is 13.6 Å². The van der Waals surface area contributed by atoms with Gasteiger partial charge in [-0.05, 0) is 85.5 Å². The molecule has 0 aromatic heterocycles. The summed E-state index contributed by atoms with van der Waals surface area (Å²) in [6.45, 7) is 10.7. The van der Waals surface area contributed by atoms with Gasteiger partial charge in [-0.1, -0.05) is 87.3 Å². The topological polar surface area (TPSA) is 142 Å². The Morgan fingerprint density at radius 3 is 1.57 bits per heavy atom. The molecule has 1 N–H and O–H groups in total. The molecular weight excluding hydrogens is 631 g/mol. The lowest BCUT2D eigenvalue weighted by atomic mass is 10.1. The van der Waals surface area contributed by atoms with Crippen molar-refractivity contribution in [3.63, 3.8) is 0 Å². The van der Waals surface area contributed by atoms with Gasteiger partial charge in [-0.25, -0.2) is 0 Å². The predicted octanol–water partition coefficient (Wildman–Crippen LogP) is 9.96. The van der Waals surface area contributed by atoms with Gasteiger partial charge in [0.25, 0.3) is 10.1 Å². The van der Waals surface area contributed by atoms with Crippen molar-refractivity contribution in [1.82, 2.24) is 0 Å². The lowest BCUT2D eigenvalue weighted by Crippen LogP contribution is -2.25. The summed E-state index contributed by atoms with van der Waals surface area (Å²) in [5.41, 5.74) is 3.77. The fourth-order valence-electron chi connectivity index (χ4n) is 4.52. The van der Waals surface area contributed by atoms with Crippen molar-refractivity contribution in [2.24, 2.45) is 0 Å². The number of esters is 2. The van der Waals surface area contributed by atoms with Gasteiger partial charge in [-0.15, -0.1) is 0 Å². The van der Waals surface area contributed by atoms with Crippen LogP contribution in [0.25, 0.3) is 0 Å². The van der Waals surface area contributed by atoms with Crippen LogP contribution >= 0.6 is 7.60 Å². The summed E-state index contributed by atoms with van der Waals surface area (Å²) in [6, 6.07) is 0. The minimum Gasteiger partial charge on any atom is -0.438 e. The molecule has 1 unspecified atom stereocenters. The maximum atomic E-state index is 13.8. The average molecular weight is 693 g/mol. The lowest BCUT2D eigenvalue weighted by molar-refractivity contribution is -0.152. The summed E-state index contributed by atoms with van der Waals surface area (Å²) in [4.78, 5) is 22.2. The van der Waals surface area contributed by atoms with Crippen molar-refractivity contribution >= 4 is 29.7 Å². The first kappa shape index (κ1) is 44.2. The third-order valence-electron chi connectivity index (χ3n) is 7.34. The van der Waals surface area contributed by atoms with Gasteiger partial charge in [-0.2, -0.15) is 8.42 Å². The van der Waals surface area contributed by atoms with E-state index in [0.717, 1.165) is 69.8 Å². The minimum absolute atomic E-state index is 0.128. The largest absolute Gasteiger partial charge is 0.438 e. The molecule has 0 aromatic carbocycles. The molecule has 12 heteroatoms. The SMILES string of the molecule is CCCCCCC(=O)OCOP(=O)(OCOC(=O)CCCCCC)C(CCCC=C(C)CCC=C(C)CCC=C(C)C)S(=O)(=O)O. The van der Waals surface area contributed by atoms with Crippen molar-refractivity contribution in [1.29, 1.82) is 0 Å². The van der Waals surface area contributed by atoms with Crippen LogP contribution in [0.2, 0.25) is 0 Å². The molecule has 0 rings (SSSR count). The molecule has 1 atom stereocenters. The molecule has 0 aromatic rings. The Balaban J connectivity index is 5.31. The summed E-state index contributed by atoms with van der Waals surface area (Å²) in [6.07, 6.45) is 17.8. The van der Waals surface area contributed by atoms with E-state index in [2.05, 4.69) is 32.9 Å². The Morgan fingerprint density at radius 2 is 1.13 bits per heavy atom. The molecule has 0 spiro atoms. The van der Waals surface area contributed by atoms with Crippen molar-refractivity contribution in [2.45, 2.75) is 156 Å². The molecule has 46 heavy (non-hydrogen) atoms. The van der Waals surface area contributed by atoms with Crippen LogP contribution in [-0.4, -0.2) is 43.5 Å². The zero-order chi connectivity index (χ0) is 34.8. The highest BCUT2D eigenvalue weighted by Gasteiger charge is 2.45. The summed E-state index contributed by atoms with van der Waals surface area (Å²) < 4.78 is 69.1. The molecule has 0 heterocycles. The predicted molar refractivity (Wildman–Crippen MR) is 184 cm³/mol. The summed E-state index contributed by atoms with van der Waals surface area (Å²) >= 11 is 0. The van der Waals surface area contributed by atoms with E-state index in [1.54, 1.807) is 0 Å². The Hall–Kier alpha value is -1.78. The molecule has 0 radical (unpaired) electrons. The van der Waals surface area contributed by atoms with Gasteiger partial charge in [0.05, 0.1) is 0 Å². The molecule has 10 nitrogen and oxygen atoms in total. The molecule has 0 saturated carbocycles. The van der Waals surface area contributed by atoms with Gasteiger partial charge < -0.3 is 9.47 Å². The van der Waals surface area contributed by atoms with Gasteiger partial charge in [0, 0.05) is 12.8 Å². The van der Waals surface area contributed by atoms with Crippen LogP contribution in [0.1, 0.15) is 151 Å². The summed E-state index contributed by atoms with van der Waals surface area (Å²) in [5, 5.41) is 0. The van der Waals surface area contributed by atoms with E-state index in [0.29, 0.717) is 19.3 Å². The Morgan fingerprint density at radius 1 is 0.674 bits per heavy atom. The number of carbonyl (C=O) groups excluding carboxylic acids is 2. The second-order valence-corrected chi connectivity index (χ2v) is 16.2. The highest BCUT2D eigenvalue weighted by atomic mass is 32.2. The van der Waals surface area contributed by atoms with Gasteiger partial charge in [-0.3, -0.25) is 27.8 Å². The maximum Gasteiger partial charge on any atom is 0.357 e. The maximum absolute atomic E-state index is 13.8. The quantitative estimate of drug-likeness (QED) is 0.0210. The number of carbonyl (C=O) groups is 2. The highest BCUT2D eigenvalue weighted by Crippen LogP contribution is 2.56. The van der Waals surface area contributed by atoms with E-state index in [-0.39, 0.29) is 25.7 Å². The van der Waals surface area contributed by atoms with Crippen LogP contribution in [0.5, 0.6) is 0 Å². The minimum atomic E-state index is -4.93. The zero-order valence-corrected chi connectivity index (χ0v) is 30.9. The molecular formula is C34H61O10PS. The first-order valence-electron chi connectivity index (χ1n) is 16.9. The molecule has 0 aliphatic heterocycles. The smallest absolute Gasteiger partial charge is 0.357 e. The second-order valence-electron chi connectivity index (χ2n) is 12.0. The first-order chi connectivity index (χ1) is 21.7. The molecule has 0 amide bonds. The Labute approximate surface area is 279 Å². The van der Waals surface area contributed by atoms with Crippen molar-refractivity contribution < 1.29 is 45.6 Å². The van der Waals surface area contributed by atoms with Crippen LogP contribution in [0.15, 0.2) is 34.9 Å². The molecule has 0 aliphatic carbocycles. The fourth-order valence-corrected chi connectivity index (χ4v) is 7.96. The zero-order valence-electron chi connectivity index (χ0n) is 29.2. The van der Waals surface area contributed by atoms with Gasteiger partial charge in [0.1, 0.15) is 0 Å². The summed E-state index contributed by atoms with van der Waals surface area (Å²) in [5.74, 6) is -1.19. The van der Waals surface area contributed by atoms with E-state index < -0.39 is 48.2 Å². The molecule has 0 bridgehead atoms. The Bertz CT molecular complexity index is 1070. The van der Waals surface area contributed by atoms with E-state index in [1.165, 1.54) is 11.1 Å². The molecule has 268 valence electrons. The van der Waals surface area contributed by atoms with Crippen LogP contribution < -0.4 is 0 Å². The molecule has 0 aliphatic rings. The summed E-state index contributed by atoms with van der Waals surface area (Å²) in [7, 11) is -9.60. The number of unbranched alkanes of at least 4 members (excludes halogenated alkanes) is 7. The first-order valence-corrected chi connectivity index (χ1v) is 20.0. The van der Waals surface area contributed by atoms with Gasteiger partial charge >= 0.3 is 19.5 Å². The number of hydrogen-bond acceptors (Lipinski definition) is 9. The lowest BCUT2D eigenvalue weighted by Gasteiger charge is -2.24. The van der Waals surface area contributed by atoms with Gasteiger partial charge in [0.15, 0.2) is 4.99 Å². The van der Waals surface area contributed by atoms with E-state index in [9.17, 15) is 27.1 Å².